The second-order valence-electron chi connectivity index (χ2n) is 5.36. The Hall–Kier alpha value is -2.02. The third kappa shape index (κ3) is 2.16. The van der Waals surface area contributed by atoms with E-state index in [0.29, 0.717) is 12.0 Å². The van der Waals surface area contributed by atoms with Crippen molar-refractivity contribution in [2.75, 3.05) is 0 Å². The SMILES string of the molecule is CCCCc1ccnc2c1C(=O)C1SC=C([N+](=O)[O-])C1C2=O. The van der Waals surface area contributed by atoms with Gasteiger partial charge in [0.1, 0.15) is 11.6 Å². The zero-order valence-electron chi connectivity index (χ0n) is 11.9. The van der Waals surface area contributed by atoms with Crippen LogP contribution in [0.5, 0.6) is 0 Å². The minimum absolute atomic E-state index is 0.0927. The number of Topliss-reactive ketones (excluding diaryl/α,β-unsaturated/α-hetero) is 2. The molecule has 0 radical (unpaired) electrons. The molecule has 0 saturated carbocycles. The van der Waals surface area contributed by atoms with Crippen molar-refractivity contribution in [3.05, 3.63) is 50.3 Å². The lowest BCUT2D eigenvalue weighted by Crippen LogP contribution is -2.40. The molecule has 114 valence electrons. The van der Waals surface area contributed by atoms with Gasteiger partial charge < -0.3 is 0 Å². The highest BCUT2D eigenvalue weighted by Gasteiger charge is 2.52. The van der Waals surface area contributed by atoms with E-state index in [1.165, 1.54) is 11.6 Å². The van der Waals surface area contributed by atoms with E-state index in [1.54, 1.807) is 6.07 Å². The first-order chi connectivity index (χ1) is 10.6. The number of rotatable bonds is 4. The largest absolute Gasteiger partial charge is 0.293 e. The van der Waals surface area contributed by atoms with Crippen LogP contribution in [0.2, 0.25) is 0 Å². The molecule has 1 aliphatic carbocycles. The van der Waals surface area contributed by atoms with Crippen molar-refractivity contribution in [2.45, 2.75) is 31.4 Å². The molecule has 0 saturated heterocycles. The van der Waals surface area contributed by atoms with Crippen LogP contribution in [0.4, 0.5) is 0 Å². The summed E-state index contributed by atoms with van der Waals surface area (Å²) in [6.07, 6.45) is 4.11. The topological polar surface area (TPSA) is 90.2 Å². The van der Waals surface area contributed by atoms with E-state index in [4.69, 9.17) is 0 Å². The number of carbonyl (C=O) groups is 2. The van der Waals surface area contributed by atoms with Gasteiger partial charge in [0.05, 0.1) is 15.7 Å². The summed E-state index contributed by atoms with van der Waals surface area (Å²) < 4.78 is 0. The molecule has 2 unspecified atom stereocenters. The highest BCUT2D eigenvalue weighted by Crippen LogP contribution is 2.43. The van der Waals surface area contributed by atoms with Crippen LogP contribution in [-0.4, -0.2) is 26.7 Å². The molecule has 2 atom stereocenters. The Morgan fingerprint density at radius 1 is 1.36 bits per heavy atom. The molecule has 7 heteroatoms. The van der Waals surface area contributed by atoms with Gasteiger partial charge in [-0.1, -0.05) is 13.3 Å². The van der Waals surface area contributed by atoms with Gasteiger partial charge in [0.25, 0.3) is 5.70 Å². The first-order valence-electron chi connectivity index (χ1n) is 7.12. The summed E-state index contributed by atoms with van der Waals surface area (Å²) in [6, 6.07) is 1.77. The predicted molar refractivity (Wildman–Crippen MR) is 81.5 cm³/mol. The third-order valence-corrected chi connectivity index (χ3v) is 5.18. The number of nitro groups is 1. The lowest BCUT2D eigenvalue weighted by molar-refractivity contribution is -0.430. The number of fused-ring (bicyclic) bond motifs is 2. The lowest BCUT2D eigenvalue weighted by Gasteiger charge is -2.24. The van der Waals surface area contributed by atoms with E-state index in [9.17, 15) is 19.7 Å². The number of pyridine rings is 1. The van der Waals surface area contributed by atoms with Crippen molar-refractivity contribution < 1.29 is 14.5 Å². The van der Waals surface area contributed by atoms with Gasteiger partial charge in [-0.25, -0.2) is 0 Å². The molecule has 1 aromatic heterocycles. The molecule has 3 rings (SSSR count). The van der Waals surface area contributed by atoms with Gasteiger partial charge >= 0.3 is 0 Å². The molecular formula is C15H14N2O4S. The van der Waals surface area contributed by atoms with Crippen LogP contribution in [0.15, 0.2) is 23.4 Å². The summed E-state index contributed by atoms with van der Waals surface area (Å²) in [4.78, 5) is 39.9. The van der Waals surface area contributed by atoms with Gasteiger partial charge in [0.2, 0.25) is 0 Å². The molecule has 2 heterocycles. The fourth-order valence-electron chi connectivity index (χ4n) is 2.92. The van der Waals surface area contributed by atoms with Gasteiger partial charge in [-0.3, -0.25) is 24.7 Å². The van der Waals surface area contributed by atoms with E-state index in [1.807, 2.05) is 0 Å². The molecule has 2 aliphatic rings. The second-order valence-corrected chi connectivity index (χ2v) is 6.38. The first kappa shape index (κ1) is 14.9. The average molecular weight is 318 g/mol. The minimum atomic E-state index is -1.01. The Labute approximate surface area is 131 Å². The maximum atomic E-state index is 12.7. The summed E-state index contributed by atoms with van der Waals surface area (Å²) >= 11 is 1.07. The monoisotopic (exact) mass is 318 g/mol. The third-order valence-electron chi connectivity index (χ3n) is 4.03. The van der Waals surface area contributed by atoms with Crippen molar-refractivity contribution in [2.24, 2.45) is 5.92 Å². The van der Waals surface area contributed by atoms with Crippen LogP contribution in [-0.2, 0) is 6.42 Å². The molecular weight excluding hydrogens is 304 g/mol. The molecule has 1 aliphatic heterocycles. The van der Waals surface area contributed by atoms with Gasteiger partial charge in [0.15, 0.2) is 11.6 Å². The van der Waals surface area contributed by atoms with E-state index in [-0.39, 0.29) is 17.2 Å². The van der Waals surface area contributed by atoms with Crippen molar-refractivity contribution >= 4 is 23.3 Å². The van der Waals surface area contributed by atoms with Crippen molar-refractivity contribution in [1.82, 2.24) is 4.98 Å². The Bertz CT molecular complexity index is 713. The average Bonchev–Trinajstić information content (AvgIpc) is 2.95. The zero-order valence-corrected chi connectivity index (χ0v) is 12.8. The molecule has 0 amide bonds. The Morgan fingerprint density at radius 2 is 2.14 bits per heavy atom. The Kier molecular flexibility index (Phi) is 3.82. The van der Waals surface area contributed by atoms with Crippen LogP contribution in [0, 0.1) is 16.0 Å². The second kappa shape index (κ2) is 5.64. The molecule has 22 heavy (non-hydrogen) atoms. The number of hydrogen-bond donors (Lipinski definition) is 0. The number of aromatic nitrogens is 1. The quantitative estimate of drug-likeness (QED) is 0.626. The standard InChI is InChI=1S/C15H14N2O4S/c1-2-3-4-8-5-6-16-12-10(8)14(19)15-11(13(12)18)9(7-22-15)17(20)21/h5-7,11,15H,2-4H2,1H3. The Morgan fingerprint density at radius 3 is 2.82 bits per heavy atom. The molecule has 0 bridgehead atoms. The smallest absolute Gasteiger partial charge is 0.264 e. The van der Waals surface area contributed by atoms with E-state index >= 15 is 0 Å². The van der Waals surface area contributed by atoms with Gasteiger partial charge in [0, 0.05) is 11.6 Å². The summed E-state index contributed by atoms with van der Waals surface area (Å²) in [6.45, 7) is 2.05. The maximum Gasteiger partial charge on any atom is 0.264 e. The molecule has 0 aromatic carbocycles. The summed E-state index contributed by atoms with van der Waals surface area (Å²) in [7, 11) is 0. The molecule has 1 aromatic rings. The van der Waals surface area contributed by atoms with E-state index < -0.39 is 21.9 Å². The zero-order chi connectivity index (χ0) is 15.9. The summed E-state index contributed by atoms with van der Waals surface area (Å²) in [5, 5.41) is 11.7. The number of hydrogen-bond acceptors (Lipinski definition) is 6. The first-order valence-corrected chi connectivity index (χ1v) is 8.06. The number of carbonyl (C=O) groups excluding carboxylic acids is 2. The molecule has 0 N–H and O–H groups in total. The fourth-order valence-corrected chi connectivity index (χ4v) is 4.10. The number of ketones is 2. The van der Waals surface area contributed by atoms with E-state index in [0.717, 1.165) is 30.2 Å². The molecule has 6 nitrogen and oxygen atoms in total. The number of aryl methyl sites for hydroxylation is 1. The van der Waals surface area contributed by atoms with Crippen LogP contribution in [0.3, 0.4) is 0 Å². The fraction of sp³-hybridized carbons (Fsp3) is 0.400. The van der Waals surface area contributed by atoms with Crippen LogP contribution in [0.1, 0.15) is 46.2 Å². The van der Waals surface area contributed by atoms with Crippen LogP contribution in [0.25, 0.3) is 0 Å². The van der Waals surface area contributed by atoms with Crippen molar-refractivity contribution in [1.29, 1.82) is 0 Å². The highest BCUT2D eigenvalue weighted by molar-refractivity contribution is 8.03. The van der Waals surface area contributed by atoms with Gasteiger partial charge in [-0.15, -0.1) is 11.8 Å². The lowest BCUT2D eigenvalue weighted by atomic mass is 9.80. The van der Waals surface area contributed by atoms with E-state index in [2.05, 4.69) is 11.9 Å². The number of unbranched alkanes of at least 4 members (excludes halogenated alkanes) is 1. The maximum absolute atomic E-state index is 12.7. The number of allylic oxidation sites excluding steroid dienone is 1. The predicted octanol–water partition coefficient (Wildman–Crippen LogP) is 2.65. The van der Waals surface area contributed by atoms with Gasteiger partial charge in [-0.05, 0) is 24.5 Å². The summed E-state index contributed by atoms with van der Waals surface area (Å²) in [5.41, 5.74) is 1.08. The van der Waals surface area contributed by atoms with Crippen LogP contribution >= 0.6 is 11.8 Å². The summed E-state index contributed by atoms with van der Waals surface area (Å²) in [5.74, 6) is -1.63. The van der Waals surface area contributed by atoms with Gasteiger partial charge in [-0.2, -0.15) is 0 Å². The molecule has 0 fully saturated rings. The molecule has 0 spiro atoms. The number of thioether (sulfide) groups is 1. The number of nitrogens with zero attached hydrogens (tertiary/aromatic N) is 2. The normalized spacial score (nSPS) is 23.0. The van der Waals surface area contributed by atoms with Crippen molar-refractivity contribution in [3.8, 4) is 0 Å². The van der Waals surface area contributed by atoms with Crippen molar-refractivity contribution in [3.63, 3.8) is 0 Å². The Balaban J connectivity index is 2.07. The highest BCUT2D eigenvalue weighted by atomic mass is 32.2. The minimum Gasteiger partial charge on any atom is -0.293 e. The van der Waals surface area contributed by atoms with Crippen LogP contribution < -0.4 is 0 Å².